The third-order valence-corrected chi connectivity index (χ3v) is 4.07. The minimum absolute atomic E-state index is 0.101. The van der Waals surface area contributed by atoms with Gasteiger partial charge in [0.25, 0.3) is 5.91 Å². The quantitative estimate of drug-likeness (QED) is 0.728. The molecule has 0 aliphatic carbocycles. The Labute approximate surface area is 141 Å². The summed E-state index contributed by atoms with van der Waals surface area (Å²) in [6.07, 6.45) is 2.27. The van der Waals surface area contributed by atoms with Gasteiger partial charge >= 0.3 is 0 Å². The molecule has 0 saturated heterocycles. The lowest BCUT2D eigenvalue weighted by Gasteiger charge is -2.14. The van der Waals surface area contributed by atoms with E-state index in [0.717, 1.165) is 17.5 Å². The van der Waals surface area contributed by atoms with Gasteiger partial charge in [0.05, 0.1) is 0 Å². The zero-order valence-corrected chi connectivity index (χ0v) is 14.0. The highest BCUT2D eigenvalue weighted by Crippen LogP contribution is 2.17. The number of ether oxygens (including phenoxy) is 1. The van der Waals surface area contributed by atoms with Crippen molar-refractivity contribution >= 4 is 16.8 Å². The lowest BCUT2D eigenvalue weighted by atomic mass is 10.1. The Balaban J connectivity index is 1.50. The molecule has 1 amide bonds. The van der Waals surface area contributed by atoms with Crippen molar-refractivity contribution in [3.05, 3.63) is 65.9 Å². The number of carbonyl (C=O) groups excluding carboxylic acids is 1. The van der Waals surface area contributed by atoms with Gasteiger partial charge in [0.15, 0.2) is 6.10 Å². The molecule has 124 valence electrons. The van der Waals surface area contributed by atoms with Gasteiger partial charge in [-0.1, -0.05) is 35.9 Å². The molecule has 3 aromatic rings. The number of aromatic amines is 1. The second-order valence-electron chi connectivity index (χ2n) is 5.97. The van der Waals surface area contributed by atoms with E-state index in [4.69, 9.17) is 4.74 Å². The number of hydrogen-bond donors (Lipinski definition) is 2. The van der Waals surface area contributed by atoms with Crippen molar-refractivity contribution in [1.82, 2.24) is 10.3 Å². The van der Waals surface area contributed by atoms with E-state index in [9.17, 15) is 4.79 Å². The van der Waals surface area contributed by atoms with Gasteiger partial charge in [-0.05, 0) is 44.0 Å². The highest BCUT2D eigenvalue weighted by Gasteiger charge is 2.14. The molecule has 0 radical (unpaired) electrons. The maximum atomic E-state index is 12.2. The summed E-state index contributed by atoms with van der Waals surface area (Å²) in [4.78, 5) is 15.4. The van der Waals surface area contributed by atoms with Crippen LogP contribution in [0.3, 0.4) is 0 Å². The van der Waals surface area contributed by atoms with E-state index >= 15 is 0 Å². The minimum Gasteiger partial charge on any atom is -0.481 e. The number of para-hydroxylation sites is 1. The second-order valence-corrected chi connectivity index (χ2v) is 5.97. The summed E-state index contributed by atoms with van der Waals surface area (Å²) in [5, 5.41) is 4.14. The Morgan fingerprint density at radius 1 is 1.17 bits per heavy atom. The van der Waals surface area contributed by atoms with Crippen molar-refractivity contribution in [3.8, 4) is 5.75 Å². The molecule has 2 N–H and O–H groups in total. The molecule has 24 heavy (non-hydrogen) atoms. The smallest absolute Gasteiger partial charge is 0.260 e. The van der Waals surface area contributed by atoms with E-state index in [-0.39, 0.29) is 5.91 Å². The Kier molecular flexibility index (Phi) is 4.85. The molecule has 4 heteroatoms. The normalized spacial score (nSPS) is 12.1. The first kappa shape index (κ1) is 16.1. The standard InChI is InChI=1S/C20H22N2O2/c1-14-7-9-17(10-8-14)24-15(2)20(23)21-12-11-16-13-22-19-6-4-3-5-18(16)19/h3-10,13,15,22H,11-12H2,1-2H3,(H,21,23). The van der Waals surface area contributed by atoms with Gasteiger partial charge in [0.2, 0.25) is 0 Å². The molecule has 2 aromatic carbocycles. The summed E-state index contributed by atoms with van der Waals surface area (Å²) in [6, 6.07) is 15.9. The molecular formula is C20H22N2O2. The van der Waals surface area contributed by atoms with Crippen LogP contribution in [-0.4, -0.2) is 23.5 Å². The van der Waals surface area contributed by atoms with Gasteiger partial charge in [-0.2, -0.15) is 0 Å². The Morgan fingerprint density at radius 3 is 2.71 bits per heavy atom. The predicted octanol–water partition coefficient (Wildman–Crippen LogP) is 3.60. The van der Waals surface area contributed by atoms with Crippen molar-refractivity contribution in [2.45, 2.75) is 26.4 Å². The van der Waals surface area contributed by atoms with Crippen LogP contribution < -0.4 is 10.1 Å². The van der Waals surface area contributed by atoms with E-state index in [2.05, 4.69) is 22.4 Å². The zero-order valence-electron chi connectivity index (χ0n) is 14.0. The number of amides is 1. The average molecular weight is 322 g/mol. The van der Waals surface area contributed by atoms with Crippen molar-refractivity contribution in [3.63, 3.8) is 0 Å². The minimum atomic E-state index is -0.518. The van der Waals surface area contributed by atoms with Crippen LogP contribution in [0.5, 0.6) is 5.75 Å². The van der Waals surface area contributed by atoms with Crippen LogP contribution in [0.2, 0.25) is 0 Å². The summed E-state index contributed by atoms with van der Waals surface area (Å²) in [6.45, 7) is 4.37. The van der Waals surface area contributed by atoms with Crippen molar-refractivity contribution in [1.29, 1.82) is 0 Å². The first-order chi connectivity index (χ1) is 11.6. The summed E-state index contributed by atoms with van der Waals surface area (Å²) < 4.78 is 5.67. The van der Waals surface area contributed by atoms with E-state index in [1.54, 1.807) is 6.92 Å². The highest BCUT2D eigenvalue weighted by molar-refractivity contribution is 5.83. The van der Waals surface area contributed by atoms with E-state index < -0.39 is 6.10 Å². The van der Waals surface area contributed by atoms with Crippen LogP contribution in [0.25, 0.3) is 10.9 Å². The molecule has 1 heterocycles. The average Bonchev–Trinajstić information content (AvgIpc) is 3.00. The number of hydrogen-bond acceptors (Lipinski definition) is 2. The number of benzene rings is 2. The molecule has 1 unspecified atom stereocenters. The number of carbonyl (C=O) groups is 1. The summed E-state index contributed by atoms with van der Waals surface area (Å²) >= 11 is 0. The maximum Gasteiger partial charge on any atom is 0.260 e. The van der Waals surface area contributed by atoms with Crippen LogP contribution in [0.15, 0.2) is 54.7 Å². The van der Waals surface area contributed by atoms with Gasteiger partial charge < -0.3 is 15.0 Å². The first-order valence-electron chi connectivity index (χ1n) is 8.19. The molecule has 0 bridgehead atoms. The van der Waals surface area contributed by atoms with Crippen molar-refractivity contribution in [2.24, 2.45) is 0 Å². The predicted molar refractivity (Wildman–Crippen MR) is 96.3 cm³/mol. The fourth-order valence-electron chi connectivity index (χ4n) is 2.68. The molecule has 1 aromatic heterocycles. The van der Waals surface area contributed by atoms with Gasteiger partial charge in [-0.25, -0.2) is 0 Å². The number of aromatic nitrogens is 1. The molecule has 0 fully saturated rings. The lowest BCUT2D eigenvalue weighted by molar-refractivity contribution is -0.127. The summed E-state index contributed by atoms with van der Waals surface area (Å²) in [5.41, 5.74) is 3.49. The zero-order chi connectivity index (χ0) is 16.9. The van der Waals surface area contributed by atoms with Gasteiger partial charge in [0, 0.05) is 23.6 Å². The number of H-pyrrole nitrogens is 1. The molecule has 4 nitrogen and oxygen atoms in total. The third kappa shape index (κ3) is 3.77. The van der Waals surface area contributed by atoms with Gasteiger partial charge in [-0.3, -0.25) is 4.79 Å². The van der Waals surface area contributed by atoms with Crippen LogP contribution in [0.1, 0.15) is 18.1 Å². The Hall–Kier alpha value is -2.75. The second kappa shape index (κ2) is 7.21. The maximum absolute atomic E-state index is 12.2. The SMILES string of the molecule is Cc1ccc(OC(C)C(=O)NCCc2c[nH]c3ccccc23)cc1. The monoisotopic (exact) mass is 322 g/mol. The van der Waals surface area contributed by atoms with Crippen LogP contribution in [-0.2, 0) is 11.2 Å². The number of nitrogens with one attached hydrogen (secondary N) is 2. The highest BCUT2D eigenvalue weighted by atomic mass is 16.5. The van der Waals surface area contributed by atoms with E-state index in [1.807, 2.05) is 49.5 Å². The fourth-order valence-corrected chi connectivity index (χ4v) is 2.68. The largest absolute Gasteiger partial charge is 0.481 e. The van der Waals surface area contributed by atoms with Crippen LogP contribution in [0.4, 0.5) is 0 Å². The summed E-state index contributed by atoms with van der Waals surface area (Å²) in [5.74, 6) is 0.607. The molecule has 0 aliphatic heterocycles. The van der Waals surface area contributed by atoms with Gasteiger partial charge in [0.1, 0.15) is 5.75 Å². The number of rotatable bonds is 6. The molecule has 0 aliphatic rings. The van der Waals surface area contributed by atoms with Gasteiger partial charge in [-0.15, -0.1) is 0 Å². The van der Waals surface area contributed by atoms with Crippen LogP contribution >= 0.6 is 0 Å². The number of fused-ring (bicyclic) bond motifs is 1. The lowest BCUT2D eigenvalue weighted by Crippen LogP contribution is -2.37. The topological polar surface area (TPSA) is 54.1 Å². The first-order valence-corrected chi connectivity index (χ1v) is 8.19. The molecule has 3 rings (SSSR count). The number of aryl methyl sites for hydroxylation is 1. The van der Waals surface area contributed by atoms with Crippen molar-refractivity contribution < 1.29 is 9.53 Å². The molecule has 0 spiro atoms. The van der Waals surface area contributed by atoms with E-state index in [1.165, 1.54) is 10.9 Å². The third-order valence-electron chi connectivity index (χ3n) is 4.07. The summed E-state index contributed by atoms with van der Waals surface area (Å²) in [7, 11) is 0. The van der Waals surface area contributed by atoms with Crippen LogP contribution in [0, 0.1) is 6.92 Å². The van der Waals surface area contributed by atoms with E-state index in [0.29, 0.717) is 12.3 Å². The van der Waals surface area contributed by atoms with Crippen molar-refractivity contribution in [2.75, 3.05) is 6.54 Å². The molecular weight excluding hydrogens is 300 g/mol. The molecule has 0 saturated carbocycles. The fraction of sp³-hybridized carbons (Fsp3) is 0.250. The Bertz CT molecular complexity index is 821. The Morgan fingerprint density at radius 2 is 1.92 bits per heavy atom. The molecule has 1 atom stereocenters.